The van der Waals surface area contributed by atoms with Crippen LogP contribution >= 0.6 is 15.9 Å². The van der Waals surface area contributed by atoms with Crippen molar-refractivity contribution in [1.82, 2.24) is 14.8 Å². The molecule has 2 N–H and O–H groups in total. The first kappa shape index (κ1) is 10.9. The fourth-order valence-corrected chi connectivity index (χ4v) is 2.25. The topological polar surface area (TPSA) is 70.9 Å². The number of aromatic nitrogens is 3. The van der Waals surface area contributed by atoms with Crippen LogP contribution in [0.4, 0.5) is 0 Å². The van der Waals surface area contributed by atoms with Gasteiger partial charge in [-0.05, 0) is 28.4 Å². The Labute approximate surface area is 100 Å². The largest absolute Gasteiger partial charge is 0.477 e. The van der Waals surface area contributed by atoms with Gasteiger partial charge in [0.1, 0.15) is 5.69 Å². The van der Waals surface area contributed by atoms with Gasteiger partial charge >= 0.3 is 5.97 Å². The van der Waals surface area contributed by atoms with Crippen LogP contribution in [-0.4, -0.2) is 25.8 Å². The second-order valence-corrected chi connectivity index (χ2v) is 4.29. The summed E-state index contributed by atoms with van der Waals surface area (Å²) in [7, 11) is 1.82. The first-order valence-electron chi connectivity index (χ1n) is 4.61. The molecule has 0 aliphatic rings. The number of aryl methyl sites for hydroxylation is 2. The predicted molar refractivity (Wildman–Crippen MR) is 62.4 cm³/mol. The number of aromatic amines is 1. The number of hydrogen-bond acceptors (Lipinski definition) is 2. The van der Waals surface area contributed by atoms with Gasteiger partial charge in [-0.2, -0.15) is 5.10 Å². The molecule has 0 aromatic carbocycles. The lowest BCUT2D eigenvalue weighted by Gasteiger charge is -2.02. The molecule has 0 unspecified atom stereocenters. The van der Waals surface area contributed by atoms with Gasteiger partial charge in [0.05, 0.1) is 16.4 Å². The van der Waals surface area contributed by atoms with Gasteiger partial charge in [0.2, 0.25) is 0 Å². The molecule has 2 heterocycles. The molecule has 0 bridgehead atoms. The van der Waals surface area contributed by atoms with E-state index in [0.717, 1.165) is 16.8 Å². The Morgan fingerprint density at radius 2 is 2.31 bits per heavy atom. The first-order chi connectivity index (χ1) is 7.52. The molecule has 2 rings (SSSR count). The molecule has 2 aromatic heterocycles. The lowest BCUT2D eigenvalue weighted by Crippen LogP contribution is -1.97. The van der Waals surface area contributed by atoms with Crippen LogP contribution in [-0.2, 0) is 7.05 Å². The Hall–Kier alpha value is -1.56. The third-order valence-corrected chi connectivity index (χ3v) is 3.23. The summed E-state index contributed by atoms with van der Waals surface area (Å²) in [6.07, 6.45) is 3.41. The molecule has 0 spiro atoms. The van der Waals surface area contributed by atoms with Crippen LogP contribution in [0.3, 0.4) is 0 Å². The van der Waals surface area contributed by atoms with Gasteiger partial charge in [-0.25, -0.2) is 4.79 Å². The van der Waals surface area contributed by atoms with Gasteiger partial charge in [-0.1, -0.05) is 0 Å². The van der Waals surface area contributed by atoms with Gasteiger partial charge in [-0.3, -0.25) is 4.68 Å². The van der Waals surface area contributed by atoms with E-state index in [1.807, 2.05) is 14.0 Å². The number of carbonyl (C=O) groups is 1. The zero-order valence-electron chi connectivity index (χ0n) is 8.78. The van der Waals surface area contributed by atoms with Crippen LogP contribution in [0.1, 0.15) is 16.1 Å². The molecule has 0 aliphatic carbocycles. The number of carboxylic acids is 1. The van der Waals surface area contributed by atoms with Gasteiger partial charge in [0.15, 0.2) is 0 Å². The molecule has 6 heteroatoms. The van der Waals surface area contributed by atoms with Gasteiger partial charge in [0, 0.05) is 18.8 Å². The molecule has 84 valence electrons. The number of carboxylic acid groups (broad SMARTS) is 1. The SMILES string of the molecule is Cc1cnn(C)c1-c1c[nH]c(C(=O)O)c1Br. The lowest BCUT2D eigenvalue weighted by atomic mass is 10.1. The highest BCUT2D eigenvalue weighted by Gasteiger charge is 2.18. The molecular formula is C10H10BrN3O2. The quantitative estimate of drug-likeness (QED) is 0.888. The molecule has 16 heavy (non-hydrogen) atoms. The summed E-state index contributed by atoms with van der Waals surface area (Å²) in [5.41, 5.74) is 2.85. The van der Waals surface area contributed by atoms with Crippen LogP contribution in [0.15, 0.2) is 16.9 Å². The number of rotatable bonds is 2. The van der Waals surface area contributed by atoms with E-state index in [1.165, 1.54) is 0 Å². The minimum atomic E-state index is -0.988. The van der Waals surface area contributed by atoms with Crippen molar-refractivity contribution in [2.75, 3.05) is 0 Å². The molecule has 0 saturated heterocycles. The highest BCUT2D eigenvalue weighted by Crippen LogP contribution is 2.32. The Kier molecular flexibility index (Phi) is 2.59. The Bertz CT molecular complexity index is 537. The smallest absolute Gasteiger partial charge is 0.353 e. The average Bonchev–Trinajstić information content (AvgIpc) is 2.71. The maximum absolute atomic E-state index is 10.9. The second kappa shape index (κ2) is 3.79. The minimum absolute atomic E-state index is 0.149. The van der Waals surface area contributed by atoms with Gasteiger partial charge in [0.25, 0.3) is 0 Å². The summed E-state index contributed by atoms with van der Waals surface area (Å²) in [4.78, 5) is 13.6. The van der Waals surface area contributed by atoms with E-state index in [4.69, 9.17) is 5.11 Å². The molecule has 5 nitrogen and oxygen atoms in total. The maximum Gasteiger partial charge on any atom is 0.353 e. The molecule has 0 aliphatic heterocycles. The number of H-pyrrole nitrogens is 1. The third kappa shape index (κ3) is 1.55. The van der Waals surface area contributed by atoms with Crippen molar-refractivity contribution in [3.63, 3.8) is 0 Å². The highest BCUT2D eigenvalue weighted by molar-refractivity contribution is 9.10. The van der Waals surface area contributed by atoms with Crippen molar-refractivity contribution < 1.29 is 9.90 Å². The molecule has 0 atom stereocenters. The van der Waals surface area contributed by atoms with Crippen molar-refractivity contribution >= 4 is 21.9 Å². The zero-order chi connectivity index (χ0) is 11.9. The van der Waals surface area contributed by atoms with Crippen molar-refractivity contribution in [1.29, 1.82) is 0 Å². The van der Waals surface area contributed by atoms with Crippen molar-refractivity contribution in [2.24, 2.45) is 7.05 Å². The van der Waals surface area contributed by atoms with Crippen LogP contribution in [0.5, 0.6) is 0 Å². The first-order valence-corrected chi connectivity index (χ1v) is 5.40. The normalized spacial score (nSPS) is 10.7. The average molecular weight is 284 g/mol. The van der Waals surface area contributed by atoms with E-state index in [1.54, 1.807) is 17.1 Å². The van der Waals surface area contributed by atoms with E-state index in [9.17, 15) is 4.79 Å². The number of nitrogens with zero attached hydrogens (tertiary/aromatic N) is 2. The Morgan fingerprint density at radius 3 is 2.75 bits per heavy atom. The number of nitrogens with one attached hydrogen (secondary N) is 1. The van der Waals surface area contributed by atoms with E-state index >= 15 is 0 Å². The standard InChI is InChI=1S/C10H10BrN3O2/c1-5-3-13-14(2)9(5)6-4-12-8(7(6)11)10(15)16/h3-4,12H,1-2H3,(H,15,16). The lowest BCUT2D eigenvalue weighted by molar-refractivity contribution is 0.0690. The number of halogens is 1. The summed E-state index contributed by atoms with van der Waals surface area (Å²) < 4.78 is 2.27. The molecule has 2 aromatic rings. The van der Waals surface area contributed by atoms with Crippen molar-refractivity contribution in [3.8, 4) is 11.3 Å². The Morgan fingerprint density at radius 1 is 1.62 bits per heavy atom. The predicted octanol–water partition coefficient (Wildman–Crippen LogP) is 2.18. The third-order valence-electron chi connectivity index (χ3n) is 2.41. The van der Waals surface area contributed by atoms with E-state index in [2.05, 4.69) is 26.0 Å². The van der Waals surface area contributed by atoms with Crippen LogP contribution in [0.25, 0.3) is 11.3 Å². The molecule has 0 fully saturated rings. The van der Waals surface area contributed by atoms with E-state index < -0.39 is 5.97 Å². The Balaban J connectivity index is 2.62. The fraction of sp³-hybridized carbons (Fsp3) is 0.200. The van der Waals surface area contributed by atoms with Gasteiger partial charge < -0.3 is 10.1 Å². The van der Waals surface area contributed by atoms with Crippen molar-refractivity contribution in [2.45, 2.75) is 6.92 Å². The van der Waals surface area contributed by atoms with E-state index in [0.29, 0.717) is 4.47 Å². The molecular weight excluding hydrogens is 274 g/mol. The monoisotopic (exact) mass is 283 g/mol. The van der Waals surface area contributed by atoms with Crippen LogP contribution in [0.2, 0.25) is 0 Å². The zero-order valence-corrected chi connectivity index (χ0v) is 10.4. The maximum atomic E-state index is 10.9. The fourth-order valence-electron chi connectivity index (χ4n) is 1.67. The summed E-state index contributed by atoms with van der Waals surface area (Å²) in [6.45, 7) is 1.93. The van der Waals surface area contributed by atoms with Gasteiger partial charge in [-0.15, -0.1) is 0 Å². The van der Waals surface area contributed by atoms with Crippen LogP contribution < -0.4 is 0 Å². The molecule has 0 radical (unpaired) electrons. The summed E-state index contributed by atoms with van der Waals surface area (Å²) in [6, 6.07) is 0. The molecule has 0 saturated carbocycles. The van der Waals surface area contributed by atoms with E-state index in [-0.39, 0.29) is 5.69 Å². The second-order valence-electron chi connectivity index (χ2n) is 3.50. The summed E-state index contributed by atoms with van der Waals surface area (Å²) >= 11 is 3.29. The number of aromatic carboxylic acids is 1. The minimum Gasteiger partial charge on any atom is -0.477 e. The highest BCUT2D eigenvalue weighted by atomic mass is 79.9. The molecule has 0 amide bonds. The summed E-state index contributed by atoms with van der Waals surface area (Å²) in [5.74, 6) is -0.988. The number of hydrogen-bond donors (Lipinski definition) is 2. The summed E-state index contributed by atoms with van der Waals surface area (Å²) in [5, 5.41) is 13.1. The van der Waals surface area contributed by atoms with Crippen molar-refractivity contribution in [3.05, 3.63) is 28.1 Å². The van der Waals surface area contributed by atoms with Crippen LogP contribution in [0, 0.1) is 6.92 Å².